The molecule has 5 rings (SSSR count). The van der Waals surface area contributed by atoms with Crippen molar-refractivity contribution in [2.75, 3.05) is 17.8 Å². The van der Waals surface area contributed by atoms with Gasteiger partial charge in [0.2, 0.25) is 0 Å². The largest absolute Gasteiger partial charge is 0.336 e. The van der Waals surface area contributed by atoms with Crippen molar-refractivity contribution in [1.82, 2.24) is 19.9 Å². The second-order valence-electron chi connectivity index (χ2n) is 8.64. The molecule has 35 heavy (non-hydrogen) atoms. The number of nitrogens with zero attached hydrogens (tertiary/aromatic N) is 4. The first-order valence-electron chi connectivity index (χ1n) is 11.4. The molecule has 1 fully saturated rings. The van der Waals surface area contributed by atoms with Gasteiger partial charge in [-0.1, -0.05) is 47.7 Å². The number of aromatic nitrogens is 3. The van der Waals surface area contributed by atoms with Crippen LogP contribution in [0.5, 0.6) is 0 Å². The van der Waals surface area contributed by atoms with Crippen LogP contribution in [0.2, 0.25) is 0 Å². The fourth-order valence-electron chi connectivity index (χ4n) is 4.20. The van der Waals surface area contributed by atoms with E-state index in [0.717, 1.165) is 23.2 Å². The fraction of sp³-hybridized carbons (Fsp3) is 0.192. The van der Waals surface area contributed by atoms with E-state index >= 15 is 0 Å². The number of likely N-dealkylation sites (tertiary alicyclic amines) is 1. The van der Waals surface area contributed by atoms with Gasteiger partial charge in [0.15, 0.2) is 0 Å². The van der Waals surface area contributed by atoms with Crippen LogP contribution in [0.3, 0.4) is 0 Å². The third-order valence-electron chi connectivity index (χ3n) is 6.09. The number of hydrogen-bond donors (Lipinski definition) is 1. The zero-order chi connectivity index (χ0) is 24.4. The van der Waals surface area contributed by atoms with Gasteiger partial charge in [0.1, 0.15) is 5.69 Å². The number of sulfonamides is 1. The molecule has 1 atom stereocenters. The molecule has 0 radical (unpaired) electrons. The minimum Gasteiger partial charge on any atom is -0.336 e. The topological polar surface area (TPSA) is 97.2 Å². The van der Waals surface area contributed by atoms with E-state index < -0.39 is 10.0 Å². The van der Waals surface area contributed by atoms with E-state index in [1.165, 1.54) is 0 Å². The Morgan fingerprint density at radius 2 is 1.77 bits per heavy atom. The van der Waals surface area contributed by atoms with Crippen LogP contribution in [-0.2, 0) is 10.0 Å². The van der Waals surface area contributed by atoms with Crippen LogP contribution in [0.15, 0.2) is 90.0 Å². The number of carbonyl (C=O) groups excluding carboxylic acids is 1. The molecular formula is C26H25N5O3S. The van der Waals surface area contributed by atoms with Crippen LogP contribution < -0.4 is 4.72 Å². The van der Waals surface area contributed by atoms with Gasteiger partial charge in [-0.15, -0.1) is 5.10 Å². The highest BCUT2D eigenvalue weighted by atomic mass is 32.2. The lowest BCUT2D eigenvalue weighted by Crippen LogP contribution is -2.29. The van der Waals surface area contributed by atoms with Gasteiger partial charge in [0.05, 0.1) is 17.1 Å². The Morgan fingerprint density at radius 3 is 2.51 bits per heavy atom. The molecule has 8 nitrogen and oxygen atoms in total. The van der Waals surface area contributed by atoms with Crippen LogP contribution in [0.1, 0.15) is 28.4 Å². The maximum atomic E-state index is 13.0. The van der Waals surface area contributed by atoms with Crippen molar-refractivity contribution in [3.8, 4) is 11.3 Å². The van der Waals surface area contributed by atoms with Gasteiger partial charge < -0.3 is 4.90 Å². The van der Waals surface area contributed by atoms with Gasteiger partial charge in [0.25, 0.3) is 15.9 Å². The maximum Gasteiger partial charge on any atom is 0.261 e. The molecule has 4 aromatic rings. The molecule has 0 saturated carbocycles. The number of benzene rings is 3. The Bertz CT molecular complexity index is 1450. The average molecular weight is 488 g/mol. The highest BCUT2D eigenvalue weighted by Crippen LogP contribution is 2.25. The Morgan fingerprint density at radius 1 is 1.00 bits per heavy atom. The van der Waals surface area contributed by atoms with E-state index in [1.54, 1.807) is 47.4 Å². The SMILES string of the molecule is Cc1cccc(S(=O)(=O)Nc2ccc(C(=O)N3CCC(n4cc(-c5ccccc5)nn4)C3)cc2)c1. The predicted octanol–water partition coefficient (Wildman–Crippen LogP) is 4.14. The average Bonchev–Trinajstić information content (AvgIpc) is 3.55. The lowest BCUT2D eigenvalue weighted by molar-refractivity contribution is 0.0787. The molecule has 3 aromatic carbocycles. The molecule has 1 saturated heterocycles. The predicted molar refractivity (Wildman–Crippen MR) is 133 cm³/mol. The van der Waals surface area contributed by atoms with Gasteiger partial charge in [-0.25, -0.2) is 13.1 Å². The summed E-state index contributed by atoms with van der Waals surface area (Å²) in [6, 6.07) is 23.1. The highest BCUT2D eigenvalue weighted by molar-refractivity contribution is 7.92. The van der Waals surface area contributed by atoms with Gasteiger partial charge >= 0.3 is 0 Å². The van der Waals surface area contributed by atoms with Crippen LogP contribution in [-0.4, -0.2) is 47.3 Å². The van der Waals surface area contributed by atoms with Gasteiger partial charge in [-0.3, -0.25) is 9.52 Å². The first-order chi connectivity index (χ1) is 16.9. The summed E-state index contributed by atoms with van der Waals surface area (Å²) in [4.78, 5) is 15.0. The number of anilines is 1. The molecule has 1 aliphatic rings. The lowest BCUT2D eigenvalue weighted by Gasteiger charge is -2.17. The summed E-state index contributed by atoms with van der Waals surface area (Å²) in [5.41, 5.74) is 3.58. The van der Waals surface area contributed by atoms with Crippen molar-refractivity contribution < 1.29 is 13.2 Å². The molecule has 2 heterocycles. The minimum atomic E-state index is -3.70. The molecule has 1 aliphatic heterocycles. The van der Waals surface area contributed by atoms with Gasteiger partial charge in [0, 0.05) is 29.9 Å². The monoisotopic (exact) mass is 487 g/mol. The first kappa shape index (κ1) is 22.8. The molecule has 1 aromatic heterocycles. The van der Waals surface area contributed by atoms with Crippen molar-refractivity contribution in [1.29, 1.82) is 0 Å². The summed E-state index contributed by atoms with van der Waals surface area (Å²) < 4.78 is 29.7. The summed E-state index contributed by atoms with van der Waals surface area (Å²) in [7, 11) is -3.70. The van der Waals surface area contributed by atoms with Gasteiger partial charge in [-0.05, 0) is 55.3 Å². The van der Waals surface area contributed by atoms with Crippen LogP contribution in [0.4, 0.5) is 5.69 Å². The summed E-state index contributed by atoms with van der Waals surface area (Å²) in [5.74, 6) is -0.0935. The summed E-state index contributed by atoms with van der Waals surface area (Å²) in [6.07, 6.45) is 2.71. The second-order valence-corrected chi connectivity index (χ2v) is 10.3. The molecule has 1 N–H and O–H groups in total. The number of amides is 1. The number of carbonyl (C=O) groups is 1. The first-order valence-corrected chi connectivity index (χ1v) is 12.8. The van der Waals surface area contributed by atoms with E-state index in [0.29, 0.717) is 24.3 Å². The summed E-state index contributed by atoms with van der Waals surface area (Å²) in [5, 5.41) is 8.56. The third-order valence-corrected chi connectivity index (χ3v) is 7.47. The zero-order valence-electron chi connectivity index (χ0n) is 19.2. The molecule has 9 heteroatoms. The number of rotatable bonds is 6. The Balaban J connectivity index is 1.23. The van der Waals surface area contributed by atoms with E-state index in [4.69, 9.17) is 0 Å². The minimum absolute atomic E-state index is 0.0596. The van der Waals surface area contributed by atoms with Crippen molar-refractivity contribution in [3.05, 3.63) is 96.2 Å². The van der Waals surface area contributed by atoms with Crippen molar-refractivity contribution >= 4 is 21.6 Å². The third kappa shape index (κ3) is 4.95. The van der Waals surface area contributed by atoms with E-state index in [2.05, 4.69) is 15.0 Å². The van der Waals surface area contributed by atoms with Gasteiger partial charge in [-0.2, -0.15) is 0 Å². The quantitative estimate of drug-likeness (QED) is 0.441. The second kappa shape index (κ2) is 9.34. The van der Waals surface area contributed by atoms with E-state index in [-0.39, 0.29) is 16.8 Å². The maximum absolute atomic E-state index is 13.0. The summed E-state index contributed by atoms with van der Waals surface area (Å²) >= 11 is 0. The molecule has 1 amide bonds. The van der Waals surface area contributed by atoms with E-state index in [1.807, 2.05) is 54.2 Å². The standard InChI is InChI=1S/C26H25N5O3S/c1-19-6-5-9-24(16-19)35(33,34)28-22-12-10-21(11-13-22)26(32)30-15-14-23(17-30)31-18-25(27-29-31)20-7-3-2-4-8-20/h2-13,16,18,23,28H,14-15,17H2,1H3. The zero-order valence-corrected chi connectivity index (χ0v) is 20.0. The number of hydrogen-bond acceptors (Lipinski definition) is 5. The molecule has 0 spiro atoms. The van der Waals surface area contributed by atoms with Crippen molar-refractivity contribution in [3.63, 3.8) is 0 Å². The fourth-order valence-corrected chi connectivity index (χ4v) is 5.36. The van der Waals surface area contributed by atoms with E-state index in [9.17, 15) is 13.2 Å². The van der Waals surface area contributed by atoms with Crippen molar-refractivity contribution in [2.45, 2.75) is 24.3 Å². The number of aryl methyl sites for hydroxylation is 1. The lowest BCUT2D eigenvalue weighted by atomic mass is 10.2. The normalized spacial score (nSPS) is 15.8. The highest BCUT2D eigenvalue weighted by Gasteiger charge is 2.29. The Hall–Kier alpha value is -3.98. The summed E-state index contributed by atoms with van der Waals surface area (Å²) in [6.45, 7) is 3.00. The van der Waals surface area contributed by atoms with Crippen LogP contribution >= 0.6 is 0 Å². The number of nitrogens with one attached hydrogen (secondary N) is 1. The van der Waals surface area contributed by atoms with Crippen molar-refractivity contribution in [2.24, 2.45) is 0 Å². The molecule has 1 unspecified atom stereocenters. The Labute approximate surface area is 204 Å². The van der Waals surface area contributed by atoms with Crippen LogP contribution in [0.25, 0.3) is 11.3 Å². The smallest absolute Gasteiger partial charge is 0.261 e. The molecule has 0 aliphatic carbocycles. The Kier molecular flexibility index (Phi) is 6.08. The molecule has 178 valence electrons. The molecule has 0 bridgehead atoms. The van der Waals surface area contributed by atoms with Crippen LogP contribution in [0, 0.1) is 6.92 Å². The molecular weight excluding hydrogens is 462 g/mol.